The summed E-state index contributed by atoms with van der Waals surface area (Å²) in [5.41, 5.74) is 8.00. The molecule has 5 heteroatoms. The Bertz CT molecular complexity index is 514. The molecular weight excluding hydrogens is 254 g/mol. The van der Waals surface area contributed by atoms with Gasteiger partial charge in [0.15, 0.2) is 5.84 Å². The van der Waals surface area contributed by atoms with Crippen molar-refractivity contribution in [1.82, 2.24) is 4.90 Å². The molecular formula is C15H21N3O2. The van der Waals surface area contributed by atoms with Crippen molar-refractivity contribution >= 4 is 11.7 Å². The van der Waals surface area contributed by atoms with E-state index < -0.39 is 0 Å². The third-order valence-corrected chi connectivity index (χ3v) is 3.74. The Hall–Kier alpha value is -2.04. The first-order valence-corrected chi connectivity index (χ1v) is 6.94. The smallest absolute Gasteiger partial charge is 0.223 e. The fourth-order valence-electron chi connectivity index (χ4n) is 2.70. The number of likely N-dealkylation sites (tertiary alicyclic amines) is 1. The molecule has 1 atom stereocenters. The number of nitrogens with zero attached hydrogens (tertiary/aromatic N) is 2. The van der Waals surface area contributed by atoms with Crippen molar-refractivity contribution in [2.45, 2.75) is 38.6 Å². The Balaban J connectivity index is 1.94. The third kappa shape index (κ3) is 3.29. The zero-order valence-electron chi connectivity index (χ0n) is 11.7. The predicted octanol–water partition coefficient (Wildman–Crippen LogP) is 1.67. The monoisotopic (exact) mass is 275 g/mol. The molecule has 5 nitrogen and oxygen atoms in total. The van der Waals surface area contributed by atoms with Crippen LogP contribution in [0.25, 0.3) is 0 Å². The molecule has 0 aromatic heterocycles. The van der Waals surface area contributed by atoms with Crippen LogP contribution in [0, 0.1) is 6.92 Å². The summed E-state index contributed by atoms with van der Waals surface area (Å²) in [5, 5.41) is 11.8. The Kier molecular flexibility index (Phi) is 4.61. The van der Waals surface area contributed by atoms with Gasteiger partial charge >= 0.3 is 0 Å². The van der Waals surface area contributed by atoms with Crippen LogP contribution in [0.3, 0.4) is 0 Å². The summed E-state index contributed by atoms with van der Waals surface area (Å²) < 4.78 is 0. The van der Waals surface area contributed by atoms with Crippen LogP contribution in [0.5, 0.6) is 0 Å². The molecule has 0 aliphatic carbocycles. The van der Waals surface area contributed by atoms with Crippen LogP contribution >= 0.6 is 0 Å². The normalized spacial score (nSPS) is 19.4. The van der Waals surface area contributed by atoms with Crippen molar-refractivity contribution < 1.29 is 10.0 Å². The van der Waals surface area contributed by atoms with Gasteiger partial charge in [0.2, 0.25) is 5.91 Å². The molecule has 1 aliphatic heterocycles. The maximum absolute atomic E-state index is 12.3. The summed E-state index contributed by atoms with van der Waals surface area (Å²) in [4.78, 5) is 14.0. The molecule has 2 rings (SSSR count). The molecule has 0 radical (unpaired) electrons. The minimum Gasteiger partial charge on any atom is -0.409 e. The predicted molar refractivity (Wildman–Crippen MR) is 77.6 cm³/mol. The molecule has 0 spiro atoms. The van der Waals surface area contributed by atoms with Gasteiger partial charge in [0.05, 0.1) is 6.04 Å². The number of nitrogens with two attached hydrogens (primary N) is 1. The molecule has 0 saturated carbocycles. The maximum Gasteiger partial charge on any atom is 0.223 e. The van der Waals surface area contributed by atoms with Gasteiger partial charge in [-0.05, 0) is 31.7 Å². The number of carbonyl (C=O) groups excluding carboxylic acids is 1. The lowest BCUT2D eigenvalue weighted by atomic mass is 10.1. The largest absolute Gasteiger partial charge is 0.409 e. The summed E-state index contributed by atoms with van der Waals surface area (Å²) in [6.07, 6.45) is 2.85. The number of rotatable bonds is 4. The summed E-state index contributed by atoms with van der Waals surface area (Å²) in [6, 6.07) is 7.93. The number of carbonyl (C=O) groups is 1. The highest BCUT2D eigenvalue weighted by Crippen LogP contribution is 2.19. The van der Waals surface area contributed by atoms with E-state index in [-0.39, 0.29) is 17.8 Å². The topological polar surface area (TPSA) is 78.9 Å². The van der Waals surface area contributed by atoms with Crippen LogP contribution in [0.4, 0.5) is 0 Å². The fourth-order valence-corrected chi connectivity index (χ4v) is 2.70. The van der Waals surface area contributed by atoms with E-state index in [0.29, 0.717) is 13.0 Å². The Morgan fingerprint density at radius 2 is 2.35 bits per heavy atom. The van der Waals surface area contributed by atoms with E-state index in [1.807, 2.05) is 25.1 Å². The fraction of sp³-hybridized carbons (Fsp3) is 0.467. The van der Waals surface area contributed by atoms with Gasteiger partial charge in [-0.1, -0.05) is 35.0 Å². The summed E-state index contributed by atoms with van der Waals surface area (Å²) >= 11 is 0. The average molecular weight is 275 g/mol. The quantitative estimate of drug-likeness (QED) is 0.379. The molecule has 1 aromatic rings. The van der Waals surface area contributed by atoms with Gasteiger partial charge < -0.3 is 15.8 Å². The molecule has 1 aliphatic rings. The van der Waals surface area contributed by atoms with E-state index in [1.54, 1.807) is 4.90 Å². The molecule has 1 aromatic carbocycles. The minimum absolute atomic E-state index is 0.0700. The molecule has 1 saturated heterocycles. The van der Waals surface area contributed by atoms with Gasteiger partial charge in [0.25, 0.3) is 0 Å². The number of oxime groups is 1. The highest BCUT2D eigenvalue weighted by Gasteiger charge is 2.31. The Morgan fingerprint density at radius 1 is 1.55 bits per heavy atom. The second kappa shape index (κ2) is 6.41. The average Bonchev–Trinajstić information content (AvgIpc) is 2.93. The Morgan fingerprint density at radius 3 is 3.05 bits per heavy atom. The molecule has 0 bridgehead atoms. The lowest BCUT2D eigenvalue weighted by Crippen LogP contribution is -2.43. The SMILES string of the molecule is Cc1cccc(CCC(=O)N2CCCC2C(N)=NO)c1. The van der Waals surface area contributed by atoms with Crippen LogP contribution in [0.15, 0.2) is 29.4 Å². The van der Waals surface area contributed by atoms with Gasteiger partial charge in [-0.3, -0.25) is 4.79 Å². The summed E-state index contributed by atoms with van der Waals surface area (Å²) in [5.74, 6) is 0.201. The van der Waals surface area contributed by atoms with Gasteiger partial charge in [-0.15, -0.1) is 0 Å². The molecule has 1 unspecified atom stereocenters. The lowest BCUT2D eigenvalue weighted by Gasteiger charge is -2.23. The van der Waals surface area contributed by atoms with Crippen molar-refractivity contribution in [3.05, 3.63) is 35.4 Å². The van der Waals surface area contributed by atoms with Crippen LogP contribution < -0.4 is 5.73 Å². The lowest BCUT2D eigenvalue weighted by molar-refractivity contribution is -0.130. The van der Waals surface area contributed by atoms with Gasteiger partial charge in [-0.25, -0.2) is 0 Å². The highest BCUT2D eigenvalue weighted by molar-refractivity contribution is 5.90. The van der Waals surface area contributed by atoms with Crippen LogP contribution in [-0.2, 0) is 11.2 Å². The van der Waals surface area contributed by atoms with Crippen LogP contribution in [0.1, 0.15) is 30.4 Å². The van der Waals surface area contributed by atoms with Crippen molar-refractivity contribution in [3.63, 3.8) is 0 Å². The highest BCUT2D eigenvalue weighted by atomic mass is 16.4. The number of benzene rings is 1. The van der Waals surface area contributed by atoms with E-state index in [4.69, 9.17) is 10.9 Å². The first-order chi connectivity index (χ1) is 9.61. The summed E-state index contributed by atoms with van der Waals surface area (Å²) in [6.45, 7) is 2.73. The minimum atomic E-state index is -0.245. The standard InChI is InChI=1S/C15H21N3O2/c1-11-4-2-5-12(10-11)7-8-14(19)18-9-3-6-13(18)15(16)17-20/h2,4-5,10,13,20H,3,6-9H2,1H3,(H2,16,17). The van der Waals surface area contributed by atoms with Crippen molar-refractivity contribution in [1.29, 1.82) is 0 Å². The first kappa shape index (κ1) is 14.4. The van der Waals surface area contributed by atoms with E-state index in [1.165, 1.54) is 5.56 Å². The molecule has 1 amide bonds. The van der Waals surface area contributed by atoms with E-state index in [0.717, 1.165) is 24.8 Å². The maximum atomic E-state index is 12.3. The van der Waals surface area contributed by atoms with Crippen LogP contribution in [0.2, 0.25) is 0 Å². The van der Waals surface area contributed by atoms with Crippen LogP contribution in [-0.4, -0.2) is 34.4 Å². The second-order valence-electron chi connectivity index (χ2n) is 5.26. The molecule has 108 valence electrons. The summed E-state index contributed by atoms with van der Waals surface area (Å²) in [7, 11) is 0. The van der Waals surface area contributed by atoms with E-state index in [9.17, 15) is 4.79 Å². The van der Waals surface area contributed by atoms with Gasteiger partial charge in [0.1, 0.15) is 0 Å². The number of hydrogen-bond donors (Lipinski definition) is 2. The molecule has 3 N–H and O–H groups in total. The number of aryl methyl sites for hydroxylation is 2. The van der Waals surface area contributed by atoms with Gasteiger partial charge in [-0.2, -0.15) is 0 Å². The zero-order valence-corrected chi connectivity index (χ0v) is 11.7. The third-order valence-electron chi connectivity index (χ3n) is 3.74. The van der Waals surface area contributed by atoms with Gasteiger partial charge in [0, 0.05) is 13.0 Å². The van der Waals surface area contributed by atoms with E-state index >= 15 is 0 Å². The molecule has 1 fully saturated rings. The molecule has 1 heterocycles. The van der Waals surface area contributed by atoms with Crippen molar-refractivity contribution in [2.75, 3.05) is 6.54 Å². The number of amides is 1. The zero-order chi connectivity index (χ0) is 14.5. The van der Waals surface area contributed by atoms with Crippen molar-refractivity contribution in [3.8, 4) is 0 Å². The first-order valence-electron chi connectivity index (χ1n) is 6.94. The Labute approximate surface area is 119 Å². The van der Waals surface area contributed by atoms with Crippen molar-refractivity contribution in [2.24, 2.45) is 10.9 Å². The number of hydrogen-bond acceptors (Lipinski definition) is 3. The molecule has 20 heavy (non-hydrogen) atoms. The number of amidine groups is 1. The van der Waals surface area contributed by atoms with E-state index in [2.05, 4.69) is 11.2 Å². The second-order valence-corrected chi connectivity index (χ2v) is 5.26.